The van der Waals surface area contributed by atoms with E-state index < -0.39 is 10.0 Å². The van der Waals surface area contributed by atoms with E-state index in [2.05, 4.69) is 21.0 Å². The Morgan fingerprint density at radius 2 is 2.04 bits per heavy atom. The van der Waals surface area contributed by atoms with Crippen molar-refractivity contribution >= 4 is 10.0 Å². The third kappa shape index (κ3) is 3.47. The van der Waals surface area contributed by atoms with Gasteiger partial charge in [0.15, 0.2) is 0 Å². The number of aromatic amines is 1. The van der Waals surface area contributed by atoms with Crippen molar-refractivity contribution in [2.75, 3.05) is 13.2 Å². The van der Waals surface area contributed by atoms with Gasteiger partial charge in [0.25, 0.3) is 0 Å². The van der Waals surface area contributed by atoms with Crippen molar-refractivity contribution in [3.63, 3.8) is 0 Å². The molecule has 1 aliphatic rings. The normalized spacial score (nSPS) is 14.4. The number of aromatic nitrogens is 2. The number of sulfonamides is 1. The van der Waals surface area contributed by atoms with Crippen LogP contribution >= 0.6 is 0 Å². The lowest BCUT2D eigenvalue weighted by Gasteiger charge is -2.19. The molecule has 0 bridgehead atoms. The molecule has 1 heterocycles. The first kappa shape index (κ1) is 17.0. The molecule has 0 spiro atoms. The van der Waals surface area contributed by atoms with E-state index in [0.717, 1.165) is 18.6 Å². The van der Waals surface area contributed by atoms with E-state index in [9.17, 15) is 8.42 Å². The zero-order chi connectivity index (χ0) is 17.2. The zero-order valence-corrected chi connectivity index (χ0v) is 14.9. The molecule has 0 unspecified atom stereocenters. The summed E-state index contributed by atoms with van der Waals surface area (Å²) in [6.45, 7) is 3.88. The molecule has 0 saturated heterocycles. The molecule has 0 aliphatic heterocycles. The molecule has 1 aromatic heterocycles. The first-order valence-electron chi connectivity index (χ1n) is 8.24. The van der Waals surface area contributed by atoms with E-state index in [0.29, 0.717) is 18.0 Å². The van der Waals surface area contributed by atoms with Crippen LogP contribution in [0.2, 0.25) is 0 Å². The van der Waals surface area contributed by atoms with Gasteiger partial charge in [-0.15, -0.1) is 0 Å². The number of hydrogen-bond donors (Lipinski definition) is 2. The summed E-state index contributed by atoms with van der Waals surface area (Å²) in [5, 5.41) is 6.62. The molecule has 0 fully saturated rings. The largest absolute Gasteiger partial charge is 0.492 e. The van der Waals surface area contributed by atoms with Crippen LogP contribution in [0.25, 0.3) is 0 Å². The van der Waals surface area contributed by atoms with Crippen LogP contribution in [0, 0.1) is 13.8 Å². The standard InChI is InChI=1S/C17H23N3O3S/c1-12-17(13(2)20-19-12)24(21,22)18-10-11-23-16-9-5-7-14-6-3-4-8-15(14)16/h5,7,9,18H,3-4,6,8,10-11H2,1-2H3,(H,19,20). The Morgan fingerprint density at radius 3 is 2.79 bits per heavy atom. The van der Waals surface area contributed by atoms with E-state index in [1.165, 1.54) is 24.0 Å². The first-order valence-corrected chi connectivity index (χ1v) is 9.72. The van der Waals surface area contributed by atoms with Crippen molar-refractivity contribution in [3.8, 4) is 5.75 Å². The smallest absolute Gasteiger partial charge is 0.244 e. The average Bonchev–Trinajstić information content (AvgIpc) is 2.91. The lowest BCUT2D eigenvalue weighted by atomic mass is 9.91. The van der Waals surface area contributed by atoms with Gasteiger partial charge in [0.1, 0.15) is 17.3 Å². The molecule has 2 aromatic rings. The molecule has 130 valence electrons. The number of fused-ring (bicyclic) bond motifs is 1. The second kappa shape index (κ2) is 6.94. The van der Waals surface area contributed by atoms with Crippen molar-refractivity contribution in [2.24, 2.45) is 0 Å². The minimum atomic E-state index is -3.57. The van der Waals surface area contributed by atoms with Gasteiger partial charge in [-0.05, 0) is 56.7 Å². The van der Waals surface area contributed by atoms with Gasteiger partial charge in [-0.2, -0.15) is 5.10 Å². The molecule has 0 radical (unpaired) electrons. The van der Waals surface area contributed by atoms with Gasteiger partial charge in [0, 0.05) is 6.54 Å². The van der Waals surface area contributed by atoms with E-state index in [1.54, 1.807) is 13.8 Å². The minimum Gasteiger partial charge on any atom is -0.492 e. The number of nitrogens with zero attached hydrogens (tertiary/aromatic N) is 1. The van der Waals surface area contributed by atoms with E-state index >= 15 is 0 Å². The minimum absolute atomic E-state index is 0.218. The maximum absolute atomic E-state index is 12.4. The highest BCUT2D eigenvalue weighted by Crippen LogP contribution is 2.29. The van der Waals surface area contributed by atoms with Crippen molar-refractivity contribution in [1.82, 2.24) is 14.9 Å². The fraction of sp³-hybridized carbons (Fsp3) is 0.471. The highest BCUT2D eigenvalue weighted by atomic mass is 32.2. The highest BCUT2D eigenvalue weighted by Gasteiger charge is 2.21. The quantitative estimate of drug-likeness (QED) is 0.784. The molecule has 1 aromatic carbocycles. The topological polar surface area (TPSA) is 84.1 Å². The molecule has 0 atom stereocenters. The van der Waals surface area contributed by atoms with Crippen LogP contribution in [0.3, 0.4) is 0 Å². The third-order valence-corrected chi connectivity index (χ3v) is 6.06. The predicted molar refractivity (Wildman–Crippen MR) is 91.8 cm³/mol. The van der Waals surface area contributed by atoms with E-state index in [1.807, 2.05) is 12.1 Å². The summed E-state index contributed by atoms with van der Waals surface area (Å²) in [6.07, 6.45) is 4.53. The fourth-order valence-corrected chi connectivity index (χ4v) is 4.61. The maximum Gasteiger partial charge on any atom is 0.244 e. The summed E-state index contributed by atoms with van der Waals surface area (Å²) >= 11 is 0. The Labute approximate surface area is 142 Å². The number of hydrogen-bond acceptors (Lipinski definition) is 4. The molecule has 0 saturated carbocycles. The Kier molecular flexibility index (Phi) is 4.91. The highest BCUT2D eigenvalue weighted by molar-refractivity contribution is 7.89. The van der Waals surface area contributed by atoms with Crippen LogP contribution in [-0.4, -0.2) is 31.8 Å². The van der Waals surface area contributed by atoms with Crippen LogP contribution in [0.4, 0.5) is 0 Å². The molecular weight excluding hydrogens is 326 g/mol. The summed E-state index contributed by atoms with van der Waals surface area (Å²) in [5.74, 6) is 0.877. The second-order valence-electron chi connectivity index (χ2n) is 6.11. The average molecular weight is 349 g/mol. The Bertz CT molecular complexity index is 808. The summed E-state index contributed by atoms with van der Waals surface area (Å²) < 4.78 is 33.1. The van der Waals surface area contributed by atoms with Gasteiger partial charge in [0.2, 0.25) is 10.0 Å². The summed E-state index contributed by atoms with van der Waals surface area (Å²) in [6, 6.07) is 6.11. The molecule has 2 N–H and O–H groups in total. The lowest BCUT2D eigenvalue weighted by Crippen LogP contribution is -2.29. The van der Waals surface area contributed by atoms with Crippen molar-refractivity contribution in [3.05, 3.63) is 40.7 Å². The monoisotopic (exact) mass is 349 g/mol. The van der Waals surface area contributed by atoms with E-state index in [-0.39, 0.29) is 11.4 Å². The van der Waals surface area contributed by atoms with Gasteiger partial charge >= 0.3 is 0 Å². The van der Waals surface area contributed by atoms with Crippen LogP contribution in [0.5, 0.6) is 5.75 Å². The van der Waals surface area contributed by atoms with Crippen LogP contribution in [0.1, 0.15) is 35.4 Å². The second-order valence-corrected chi connectivity index (χ2v) is 7.81. The number of aryl methyl sites for hydroxylation is 3. The van der Waals surface area contributed by atoms with Crippen molar-refractivity contribution in [1.29, 1.82) is 0 Å². The Balaban J connectivity index is 1.60. The number of rotatable bonds is 6. The van der Waals surface area contributed by atoms with Gasteiger partial charge in [-0.1, -0.05) is 12.1 Å². The lowest BCUT2D eigenvalue weighted by molar-refractivity contribution is 0.318. The van der Waals surface area contributed by atoms with Crippen LogP contribution in [0.15, 0.2) is 23.1 Å². The fourth-order valence-electron chi connectivity index (χ4n) is 3.23. The Morgan fingerprint density at radius 1 is 1.25 bits per heavy atom. The van der Waals surface area contributed by atoms with Crippen molar-refractivity contribution in [2.45, 2.75) is 44.4 Å². The first-order chi connectivity index (χ1) is 11.5. The van der Waals surface area contributed by atoms with Gasteiger partial charge in [0.05, 0.1) is 11.4 Å². The molecule has 7 heteroatoms. The Hall–Kier alpha value is -1.86. The van der Waals surface area contributed by atoms with Crippen LogP contribution < -0.4 is 9.46 Å². The molecule has 6 nitrogen and oxygen atoms in total. The van der Waals surface area contributed by atoms with Gasteiger partial charge < -0.3 is 4.74 Å². The number of nitrogens with one attached hydrogen (secondary N) is 2. The molecule has 1 aliphatic carbocycles. The van der Waals surface area contributed by atoms with Crippen molar-refractivity contribution < 1.29 is 13.2 Å². The predicted octanol–water partition coefficient (Wildman–Crippen LogP) is 2.26. The zero-order valence-electron chi connectivity index (χ0n) is 14.1. The van der Waals surface area contributed by atoms with Gasteiger partial charge in [-0.3, -0.25) is 5.10 Å². The van der Waals surface area contributed by atoms with Gasteiger partial charge in [-0.25, -0.2) is 13.1 Å². The molecule has 3 rings (SSSR count). The third-order valence-electron chi connectivity index (χ3n) is 4.33. The number of benzene rings is 1. The molecule has 0 amide bonds. The summed E-state index contributed by atoms with van der Waals surface area (Å²) in [7, 11) is -3.57. The number of ether oxygens (including phenoxy) is 1. The maximum atomic E-state index is 12.4. The number of H-pyrrole nitrogens is 1. The van der Waals surface area contributed by atoms with Crippen LogP contribution in [-0.2, 0) is 22.9 Å². The summed E-state index contributed by atoms with van der Waals surface area (Å²) in [5.41, 5.74) is 3.63. The van der Waals surface area contributed by atoms with E-state index in [4.69, 9.17) is 4.74 Å². The summed E-state index contributed by atoms with van der Waals surface area (Å²) in [4.78, 5) is 0.222. The molecule has 24 heavy (non-hydrogen) atoms. The SMILES string of the molecule is Cc1n[nH]c(C)c1S(=O)(=O)NCCOc1cccc2c1CCCC2. The molecular formula is C17H23N3O3S.